The first kappa shape index (κ1) is 11.9. The van der Waals surface area contributed by atoms with E-state index in [0.717, 1.165) is 22.4 Å². The molecule has 0 aliphatic heterocycles. The largest absolute Gasteiger partial charge is 0.367 e. The van der Waals surface area contributed by atoms with Crippen LogP contribution in [0.5, 0.6) is 0 Å². The van der Waals surface area contributed by atoms with Crippen molar-refractivity contribution in [3.63, 3.8) is 0 Å². The Labute approximate surface area is 109 Å². The Morgan fingerprint density at radius 2 is 2.41 bits per heavy atom. The third-order valence-electron chi connectivity index (χ3n) is 2.31. The third-order valence-corrected chi connectivity index (χ3v) is 2.86. The number of hydrogen-bond donors (Lipinski definition) is 1. The summed E-state index contributed by atoms with van der Waals surface area (Å²) in [4.78, 5) is 4.48. The quantitative estimate of drug-likeness (QED) is 0.885. The molecule has 1 unspecified atom stereocenters. The molecule has 1 atom stereocenters. The van der Waals surface area contributed by atoms with E-state index in [4.69, 9.17) is 0 Å². The van der Waals surface area contributed by atoms with Crippen molar-refractivity contribution in [3.8, 4) is 11.8 Å². The molecular weight excluding hydrogens is 280 g/mol. The van der Waals surface area contributed by atoms with Crippen molar-refractivity contribution >= 4 is 27.4 Å². The number of aromatic nitrogens is 3. The van der Waals surface area contributed by atoms with E-state index < -0.39 is 0 Å². The Morgan fingerprint density at radius 1 is 1.59 bits per heavy atom. The highest BCUT2D eigenvalue weighted by Gasteiger charge is 2.05. The molecule has 0 aliphatic carbocycles. The Morgan fingerprint density at radius 3 is 3.18 bits per heavy atom. The number of halogens is 1. The van der Waals surface area contributed by atoms with Crippen molar-refractivity contribution in [2.45, 2.75) is 26.3 Å². The number of fused-ring (bicyclic) bond motifs is 1. The zero-order chi connectivity index (χ0) is 12.3. The Hall–Kier alpha value is -1.54. The van der Waals surface area contributed by atoms with Crippen molar-refractivity contribution in [2.24, 2.45) is 0 Å². The summed E-state index contributed by atoms with van der Waals surface area (Å²) in [5.74, 6) is 6.77. The summed E-state index contributed by atoms with van der Waals surface area (Å²) in [5, 5.41) is 7.46. The molecule has 0 fully saturated rings. The lowest BCUT2D eigenvalue weighted by molar-refractivity contribution is 0.818. The molecular formula is C12H13BrN4. The molecule has 2 heterocycles. The fourth-order valence-corrected chi connectivity index (χ4v) is 1.84. The van der Waals surface area contributed by atoms with Gasteiger partial charge in [0, 0.05) is 18.7 Å². The molecule has 17 heavy (non-hydrogen) atoms. The second kappa shape index (κ2) is 5.19. The highest BCUT2D eigenvalue weighted by atomic mass is 79.9. The number of anilines is 1. The molecule has 2 rings (SSSR count). The van der Waals surface area contributed by atoms with E-state index in [1.54, 1.807) is 10.7 Å². The van der Waals surface area contributed by atoms with E-state index in [1.807, 2.05) is 19.2 Å². The van der Waals surface area contributed by atoms with Gasteiger partial charge in [0.2, 0.25) is 0 Å². The van der Waals surface area contributed by atoms with E-state index in [1.165, 1.54) is 0 Å². The second-order valence-electron chi connectivity index (χ2n) is 3.75. The predicted octanol–water partition coefficient (Wildman–Crippen LogP) is 2.71. The molecule has 0 radical (unpaired) electrons. The van der Waals surface area contributed by atoms with Gasteiger partial charge < -0.3 is 5.32 Å². The number of hydrogen-bond acceptors (Lipinski definition) is 3. The highest BCUT2D eigenvalue weighted by molar-refractivity contribution is 9.10. The molecule has 2 aromatic heterocycles. The van der Waals surface area contributed by atoms with Gasteiger partial charge in [0.1, 0.15) is 5.82 Å². The lowest BCUT2D eigenvalue weighted by Gasteiger charge is -2.11. The Kier molecular flexibility index (Phi) is 3.64. The van der Waals surface area contributed by atoms with Crippen LogP contribution in [0.1, 0.15) is 20.3 Å². The highest BCUT2D eigenvalue weighted by Crippen LogP contribution is 2.17. The van der Waals surface area contributed by atoms with Gasteiger partial charge in [-0.15, -0.1) is 11.8 Å². The van der Waals surface area contributed by atoms with E-state index in [0.29, 0.717) is 0 Å². The molecule has 0 amide bonds. The van der Waals surface area contributed by atoms with Crippen molar-refractivity contribution in [2.75, 3.05) is 5.32 Å². The molecule has 0 saturated heterocycles. The van der Waals surface area contributed by atoms with Gasteiger partial charge in [0.15, 0.2) is 5.65 Å². The van der Waals surface area contributed by atoms with Crippen LogP contribution in [0, 0.1) is 11.8 Å². The first-order valence-electron chi connectivity index (χ1n) is 5.36. The smallest absolute Gasteiger partial charge is 0.171 e. The van der Waals surface area contributed by atoms with Crippen molar-refractivity contribution in [1.29, 1.82) is 0 Å². The fraction of sp³-hybridized carbons (Fsp3) is 0.333. The maximum absolute atomic E-state index is 4.48. The molecule has 0 bridgehead atoms. The van der Waals surface area contributed by atoms with Gasteiger partial charge in [0.05, 0.1) is 10.7 Å². The Bertz CT molecular complexity index is 579. The molecule has 1 N–H and O–H groups in total. The molecule has 4 nitrogen and oxygen atoms in total. The zero-order valence-electron chi connectivity index (χ0n) is 9.74. The standard InChI is InChI=1S/C12H13BrN4/c1-3-4-5-9(2)15-11-6-7-17-12(16-11)10(13)8-14-17/h6-9H,5H2,1-2H3,(H,15,16). The molecule has 5 heteroatoms. The lowest BCUT2D eigenvalue weighted by atomic mass is 10.2. The van der Waals surface area contributed by atoms with Gasteiger partial charge in [0.25, 0.3) is 0 Å². The molecule has 88 valence electrons. The monoisotopic (exact) mass is 292 g/mol. The molecule has 0 aromatic carbocycles. The Balaban J connectivity index is 2.17. The maximum Gasteiger partial charge on any atom is 0.171 e. The number of nitrogens with one attached hydrogen (secondary N) is 1. The summed E-state index contributed by atoms with van der Waals surface area (Å²) >= 11 is 3.41. The third kappa shape index (κ3) is 2.77. The number of rotatable bonds is 3. The van der Waals surface area contributed by atoms with Gasteiger partial charge in [-0.05, 0) is 35.8 Å². The first-order valence-corrected chi connectivity index (χ1v) is 6.16. The molecule has 2 aromatic rings. The molecule has 0 aliphatic rings. The average Bonchev–Trinajstić information content (AvgIpc) is 2.68. The van der Waals surface area contributed by atoms with Crippen LogP contribution in [0.2, 0.25) is 0 Å². The van der Waals surface area contributed by atoms with Gasteiger partial charge in [-0.25, -0.2) is 9.50 Å². The van der Waals surface area contributed by atoms with Crippen LogP contribution in [-0.2, 0) is 0 Å². The summed E-state index contributed by atoms with van der Waals surface area (Å²) < 4.78 is 2.62. The fourth-order valence-electron chi connectivity index (χ4n) is 1.48. The van der Waals surface area contributed by atoms with Crippen LogP contribution in [0.15, 0.2) is 22.9 Å². The van der Waals surface area contributed by atoms with E-state index in [-0.39, 0.29) is 6.04 Å². The van der Waals surface area contributed by atoms with E-state index >= 15 is 0 Å². The van der Waals surface area contributed by atoms with Crippen molar-refractivity contribution in [1.82, 2.24) is 14.6 Å². The van der Waals surface area contributed by atoms with E-state index in [9.17, 15) is 0 Å². The van der Waals surface area contributed by atoms with Gasteiger partial charge in [-0.2, -0.15) is 5.10 Å². The van der Waals surface area contributed by atoms with Gasteiger partial charge in [-0.1, -0.05) is 0 Å². The van der Waals surface area contributed by atoms with Crippen molar-refractivity contribution < 1.29 is 0 Å². The minimum Gasteiger partial charge on any atom is -0.367 e. The first-order chi connectivity index (χ1) is 8.20. The second-order valence-corrected chi connectivity index (χ2v) is 4.60. The summed E-state index contributed by atoms with van der Waals surface area (Å²) in [5.41, 5.74) is 0.809. The minimum atomic E-state index is 0.277. The van der Waals surface area contributed by atoms with Crippen LogP contribution in [0.25, 0.3) is 5.65 Å². The zero-order valence-corrected chi connectivity index (χ0v) is 11.3. The van der Waals surface area contributed by atoms with Crippen LogP contribution >= 0.6 is 15.9 Å². The number of nitrogens with zero attached hydrogens (tertiary/aromatic N) is 3. The summed E-state index contributed by atoms with van der Waals surface area (Å²) in [7, 11) is 0. The van der Waals surface area contributed by atoms with Crippen LogP contribution < -0.4 is 5.32 Å². The molecule has 0 saturated carbocycles. The predicted molar refractivity (Wildman–Crippen MR) is 71.8 cm³/mol. The SMILES string of the molecule is CC#CCC(C)Nc1ccn2ncc(Br)c2n1. The summed E-state index contributed by atoms with van der Waals surface area (Å²) in [6, 6.07) is 2.18. The summed E-state index contributed by atoms with van der Waals surface area (Å²) in [6.07, 6.45) is 4.43. The van der Waals surface area contributed by atoms with Crippen molar-refractivity contribution in [3.05, 3.63) is 22.9 Å². The average molecular weight is 293 g/mol. The van der Waals surface area contributed by atoms with Crippen LogP contribution in [0.4, 0.5) is 5.82 Å². The van der Waals surface area contributed by atoms with E-state index in [2.05, 4.69) is 50.1 Å². The topological polar surface area (TPSA) is 42.2 Å². The maximum atomic E-state index is 4.48. The minimum absolute atomic E-state index is 0.277. The molecule has 0 spiro atoms. The van der Waals surface area contributed by atoms with Crippen LogP contribution in [0.3, 0.4) is 0 Å². The normalized spacial score (nSPS) is 11.9. The summed E-state index contributed by atoms with van der Waals surface area (Å²) in [6.45, 7) is 3.93. The lowest BCUT2D eigenvalue weighted by Crippen LogP contribution is -2.15. The van der Waals surface area contributed by atoms with Crippen LogP contribution in [-0.4, -0.2) is 20.6 Å². The van der Waals surface area contributed by atoms with Gasteiger partial charge >= 0.3 is 0 Å². The van der Waals surface area contributed by atoms with Gasteiger partial charge in [-0.3, -0.25) is 0 Å².